The molecule has 1 aromatic heterocycles. The van der Waals surface area contributed by atoms with E-state index in [1.165, 1.54) is 6.07 Å². The molecule has 0 fully saturated rings. The third-order valence-corrected chi connectivity index (χ3v) is 4.72. The van der Waals surface area contributed by atoms with Crippen LogP contribution in [0.5, 0.6) is 5.75 Å². The van der Waals surface area contributed by atoms with E-state index in [2.05, 4.69) is 15.9 Å². The van der Waals surface area contributed by atoms with E-state index in [9.17, 15) is 4.79 Å². The van der Waals surface area contributed by atoms with Crippen molar-refractivity contribution in [2.24, 2.45) is 0 Å². The van der Waals surface area contributed by atoms with Crippen LogP contribution in [-0.2, 0) is 6.54 Å². The number of nitrogens with zero attached hydrogens (tertiary/aromatic N) is 1. The van der Waals surface area contributed by atoms with Gasteiger partial charge in [0.25, 0.3) is 0 Å². The van der Waals surface area contributed by atoms with Gasteiger partial charge in [-0.1, -0.05) is 27.6 Å². The number of halogens is 1. The molecular formula is C19H18BrNO3. The maximum absolute atomic E-state index is 11.9. The molecule has 2 aromatic carbocycles. The Morgan fingerprint density at radius 2 is 1.96 bits per heavy atom. The van der Waals surface area contributed by atoms with Crippen LogP contribution < -0.4 is 15.3 Å². The van der Waals surface area contributed by atoms with Gasteiger partial charge in [-0.25, -0.2) is 4.79 Å². The molecule has 0 unspecified atom stereocenters. The van der Waals surface area contributed by atoms with Gasteiger partial charge in [-0.05, 0) is 42.8 Å². The minimum absolute atomic E-state index is 0.349. The Balaban J connectivity index is 2.04. The van der Waals surface area contributed by atoms with Crippen molar-refractivity contribution in [1.82, 2.24) is 0 Å². The average Bonchev–Trinajstić information content (AvgIpc) is 2.56. The lowest BCUT2D eigenvalue weighted by molar-refractivity contribution is 0.414. The molecule has 0 saturated heterocycles. The molecule has 3 aromatic rings. The number of hydrogen-bond donors (Lipinski definition) is 0. The van der Waals surface area contributed by atoms with Crippen molar-refractivity contribution in [2.45, 2.75) is 13.5 Å². The van der Waals surface area contributed by atoms with Crippen molar-refractivity contribution in [1.29, 1.82) is 0 Å². The van der Waals surface area contributed by atoms with Gasteiger partial charge < -0.3 is 14.1 Å². The van der Waals surface area contributed by atoms with E-state index < -0.39 is 0 Å². The SMILES string of the molecule is COc1ccc(Br)c(CN(C)c2cc(=O)oc3ccc(C)cc23)c1. The van der Waals surface area contributed by atoms with Crippen LogP contribution >= 0.6 is 15.9 Å². The lowest BCUT2D eigenvalue weighted by Gasteiger charge is -2.21. The molecule has 0 spiro atoms. The molecule has 0 bridgehead atoms. The number of hydrogen-bond acceptors (Lipinski definition) is 4. The molecule has 124 valence electrons. The van der Waals surface area contributed by atoms with Gasteiger partial charge in [0, 0.05) is 29.5 Å². The Hall–Kier alpha value is -2.27. The number of fused-ring (bicyclic) bond motifs is 1. The van der Waals surface area contributed by atoms with Gasteiger partial charge in [0.1, 0.15) is 11.3 Å². The molecule has 0 amide bonds. The number of methoxy groups -OCH3 is 1. The van der Waals surface area contributed by atoms with Gasteiger partial charge in [0.15, 0.2) is 0 Å². The first kappa shape index (κ1) is 16.6. The monoisotopic (exact) mass is 387 g/mol. The van der Waals surface area contributed by atoms with E-state index in [1.54, 1.807) is 7.11 Å². The Morgan fingerprint density at radius 1 is 1.17 bits per heavy atom. The van der Waals surface area contributed by atoms with Gasteiger partial charge in [-0.2, -0.15) is 0 Å². The van der Waals surface area contributed by atoms with Crippen molar-refractivity contribution in [2.75, 3.05) is 19.1 Å². The summed E-state index contributed by atoms with van der Waals surface area (Å²) in [6.45, 7) is 2.65. The topological polar surface area (TPSA) is 42.7 Å². The molecule has 24 heavy (non-hydrogen) atoms. The fourth-order valence-electron chi connectivity index (χ4n) is 2.72. The van der Waals surface area contributed by atoms with Crippen molar-refractivity contribution in [3.8, 4) is 5.75 Å². The van der Waals surface area contributed by atoms with Gasteiger partial charge in [0.05, 0.1) is 12.8 Å². The number of rotatable bonds is 4. The van der Waals surface area contributed by atoms with Gasteiger partial charge in [-0.15, -0.1) is 0 Å². The molecule has 0 aliphatic carbocycles. The van der Waals surface area contributed by atoms with Crippen LogP contribution in [0, 0.1) is 6.92 Å². The van der Waals surface area contributed by atoms with E-state index >= 15 is 0 Å². The minimum Gasteiger partial charge on any atom is -0.497 e. The summed E-state index contributed by atoms with van der Waals surface area (Å²) >= 11 is 3.57. The summed E-state index contributed by atoms with van der Waals surface area (Å²) in [5.74, 6) is 0.801. The molecule has 0 N–H and O–H groups in total. The van der Waals surface area contributed by atoms with Crippen molar-refractivity contribution >= 4 is 32.6 Å². The highest BCUT2D eigenvalue weighted by molar-refractivity contribution is 9.10. The first-order chi connectivity index (χ1) is 11.5. The molecule has 0 aliphatic rings. The number of ether oxygens (including phenoxy) is 1. The van der Waals surface area contributed by atoms with Crippen molar-refractivity contribution in [3.63, 3.8) is 0 Å². The molecule has 5 heteroatoms. The van der Waals surface area contributed by atoms with Crippen LogP contribution in [0.25, 0.3) is 11.0 Å². The quantitative estimate of drug-likeness (QED) is 0.617. The third-order valence-electron chi connectivity index (χ3n) is 3.95. The molecule has 0 radical (unpaired) electrons. The second kappa shape index (κ2) is 6.69. The molecular weight excluding hydrogens is 370 g/mol. The molecule has 0 atom stereocenters. The standard InChI is InChI=1S/C19H18BrNO3/c1-12-4-7-18-15(8-12)17(10-19(22)24-18)21(2)11-13-9-14(23-3)5-6-16(13)20/h4-10H,11H2,1-3H3. The summed E-state index contributed by atoms with van der Waals surface area (Å²) < 4.78 is 11.6. The van der Waals surface area contributed by atoms with Crippen molar-refractivity contribution in [3.05, 3.63) is 68.5 Å². The largest absolute Gasteiger partial charge is 0.497 e. The molecule has 4 nitrogen and oxygen atoms in total. The van der Waals surface area contributed by atoms with Crippen LogP contribution in [0.4, 0.5) is 5.69 Å². The molecule has 0 saturated carbocycles. The number of aryl methyl sites for hydroxylation is 1. The lowest BCUT2D eigenvalue weighted by Crippen LogP contribution is -2.18. The number of benzene rings is 2. The van der Waals surface area contributed by atoms with Crippen LogP contribution in [0.3, 0.4) is 0 Å². The maximum Gasteiger partial charge on any atom is 0.338 e. The summed E-state index contributed by atoms with van der Waals surface area (Å²) in [7, 11) is 3.61. The van der Waals surface area contributed by atoms with Crippen molar-refractivity contribution < 1.29 is 9.15 Å². The van der Waals surface area contributed by atoms with Crippen LogP contribution in [0.1, 0.15) is 11.1 Å². The second-order valence-corrected chi connectivity index (χ2v) is 6.62. The number of anilines is 1. The summed E-state index contributed by atoms with van der Waals surface area (Å²) in [6, 6.07) is 13.2. The smallest absolute Gasteiger partial charge is 0.338 e. The third kappa shape index (κ3) is 3.31. The van der Waals surface area contributed by atoms with E-state index in [4.69, 9.17) is 9.15 Å². The van der Waals surface area contributed by atoms with Crippen LogP contribution in [-0.4, -0.2) is 14.2 Å². The highest BCUT2D eigenvalue weighted by Crippen LogP contribution is 2.29. The molecule has 1 heterocycles. The summed E-state index contributed by atoms with van der Waals surface area (Å²) in [4.78, 5) is 13.9. The summed E-state index contributed by atoms with van der Waals surface area (Å²) in [6.07, 6.45) is 0. The highest BCUT2D eigenvalue weighted by atomic mass is 79.9. The van der Waals surface area contributed by atoms with Crippen LogP contribution in [0.2, 0.25) is 0 Å². The summed E-state index contributed by atoms with van der Waals surface area (Å²) in [5.41, 5.74) is 3.29. The average molecular weight is 388 g/mol. The predicted octanol–water partition coefficient (Wildman–Crippen LogP) is 4.51. The first-order valence-corrected chi connectivity index (χ1v) is 8.35. The normalized spacial score (nSPS) is 10.8. The minimum atomic E-state index is -0.349. The second-order valence-electron chi connectivity index (χ2n) is 5.76. The Morgan fingerprint density at radius 3 is 2.71 bits per heavy atom. The fourth-order valence-corrected chi connectivity index (χ4v) is 3.09. The van der Waals surface area contributed by atoms with Crippen LogP contribution in [0.15, 0.2) is 56.1 Å². The van der Waals surface area contributed by atoms with Gasteiger partial charge in [-0.3, -0.25) is 0 Å². The maximum atomic E-state index is 11.9. The zero-order chi connectivity index (χ0) is 17.3. The fraction of sp³-hybridized carbons (Fsp3) is 0.211. The Bertz CT molecular complexity index is 949. The van der Waals surface area contributed by atoms with Gasteiger partial charge >= 0.3 is 5.63 Å². The Kier molecular flexibility index (Phi) is 4.62. The lowest BCUT2D eigenvalue weighted by atomic mass is 10.1. The zero-order valence-electron chi connectivity index (χ0n) is 13.8. The predicted molar refractivity (Wildman–Crippen MR) is 100 cm³/mol. The van der Waals surface area contributed by atoms with E-state index in [-0.39, 0.29) is 5.63 Å². The highest BCUT2D eigenvalue weighted by Gasteiger charge is 2.12. The molecule has 0 aliphatic heterocycles. The zero-order valence-corrected chi connectivity index (χ0v) is 15.4. The Labute approximate surface area is 148 Å². The first-order valence-electron chi connectivity index (χ1n) is 7.56. The van der Waals surface area contributed by atoms with E-state index in [1.807, 2.05) is 55.3 Å². The molecule has 3 rings (SSSR count). The van der Waals surface area contributed by atoms with Gasteiger partial charge in [0.2, 0.25) is 0 Å². The van der Waals surface area contributed by atoms with E-state index in [0.29, 0.717) is 12.1 Å². The van der Waals surface area contributed by atoms with E-state index in [0.717, 1.165) is 32.4 Å². The summed E-state index contributed by atoms with van der Waals surface area (Å²) in [5, 5.41) is 0.927.